The number of aromatic hydroxyl groups is 1. The number of phenols is 1. The van der Waals surface area contributed by atoms with Gasteiger partial charge in [-0.05, 0) is 95.7 Å². The summed E-state index contributed by atoms with van der Waals surface area (Å²) >= 11 is 0.598. The minimum Gasteiger partial charge on any atom is -0.508 e. The molecule has 756 valence electrons. The van der Waals surface area contributed by atoms with E-state index in [1.165, 1.54) is 38.4 Å². The number of terminal acetylenes is 1. The Kier molecular flexibility index (Phi) is 44.1. The topological polar surface area (TPSA) is 580 Å². The zero-order valence-corrected chi connectivity index (χ0v) is 80.0. The number of rotatable bonds is 55. The highest BCUT2D eigenvalue weighted by atomic mass is 32.2. The maximum atomic E-state index is 15.7. The standard InChI is InChI=1S/C97H124F3N17O22S/c1-11-14-30-76(96(138)117-49-63(120)44-77(117)92(134)110-73(46-83(126)127)91(133)112-85(55(6)7)97(139)113(8)61(51-118)37-56-24-17-15-18-25-56)114(9)95(137)78(42-57-26-19-16-20-27-57)115(10)94(136)74(41-59-38-65(98)84(100)66(99)39-59)107-81(123)53-140-52-75(87(129)104-48-79(121)105-69(23-12-2)86(102)128)111-88(130)70(36-54(4)5)108-89(131)71(40-58-31-33-62(119)34-32-58)109-90(132)72(43-60-47-103-68-29-22-21-28-64(60)68)106-80(122)50-116(35-13-3)93(135)67(101)45-82(124)125/h2,15-22,24-29,31-34,38-39,47,51,54-55,61,63,67,69-78,85,103,119-120H,11,13-14,23,30,35-37,40-46,48-50,52-53,101H2,1,3-10H3,(H2,102,128)(H,104,129)(H,105,121)(H,106,122)(H,107,123)(H,108,131)(H,109,132)(H,110,134)(H,111,130)(H,112,133)(H,124,125)(H,126,127)/t61-,63+,67-,69-,70-,71-,72-,73-,74-,75-,76-,77+,78-,85-/m0/s1. The third-order valence-corrected chi connectivity index (χ3v) is 24.4. The first kappa shape index (κ1) is 113. The first-order valence-corrected chi connectivity index (χ1v) is 46.8. The van der Waals surface area contributed by atoms with Gasteiger partial charge in [-0.2, -0.15) is 0 Å². The van der Waals surface area contributed by atoms with E-state index in [2.05, 4.69) is 58.8 Å². The first-order chi connectivity index (χ1) is 66.4. The number of phenolic OH excluding ortho intramolecular Hbond substituents is 1. The van der Waals surface area contributed by atoms with E-state index in [9.17, 15) is 82.4 Å². The normalized spacial score (nSPS) is 15.4. The summed E-state index contributed by atoms with van der Waals surface area (Å²) in [6.45, 7) is 7.74. The lowest BCUT2D eigenvalue weighted by molar-refractivity contribution is -0.152. The summed E-state index contributed by atoms with van der Waals surface area (Å²) in [5.41, 5.74) is 13.6. The van der Waals surface area contributed by atoms with Gasteiger partial charge in [0, 0.05) is 95.6 Å². The number of hydrogen-bond donors (Lipinski definition) is 16. The van der Waals surface area contributed by atoms with Crippen molar-refractivity contribution >= 4 is 129 Å². The summed E-state index contributed by atoms with van der Waals surface area (Å²) in [4.78, 5) is 262. The number of carboxylic acid groups (broad SMARTS) is 2. The van der Waals surface area contributed by atoms with Crippen LogP contribution in [0.4, 0.5) is 13.2 Å². The third-order valence-electron chi connectivity index (χ3n) is 23.3. The molecule has 0 saturated carbocycles. The molecule has 140 heavy (non-hydrogen) atoms. The highest BCUT2D eigenvalue weighted by Crippen LogP contribution is 2.28. The molecule has 0 unspecified atom stereocenters. The van der Waals surface area contributed by atoms with Crippen LogP contribution in [0.3, 0.4) is 0 Å². The number of halogens is 3. The number of nitrogens with two attached hydrogens (primary N) is 2. The van der Waals surface area contributed by atoms with Crippen LogP contribution >= 0.6 is 11.8 Å². The van der Waals surface area contributed by atoms with Gasteiger partial charge in [0.05, 0.1) is 49.9 Å². The number of carbonyl (C=O) groups is 18. The molecule has 1 fully saturated rings. The molecule has 1 aliphatic rings. The number of carbonyl (C=O) groups excluding carboxylic acids is 16. The van der Waals surface area contributed by atoms with Crippen molar-refractivity contribution < 1.29 is 120 Å². The molecular formula is C97H124F3N17O22S. The van der Waals surface area contributed by atoms with Gasteiger partial charge < -0.3 is 114 Å². The number of unbranched alkanes of at least 4 members (excludes halogenated alkanes) is 1. The number of para-hydroxylation sites is 1. The smallest absolute Gasteiger partial charge is 0.305 e. The second-order valence-corrected chi connectivity index (χ2v) is 36.1. The fourth-order valence-corrected chi connectivity index (χ4v) is 16.7. The summed E-state index contributed by atoms with van der Waals surface area (Å²) in [6.07, 6.45) is 2.35. The van der Waals surface area contributed by atoms with Crippen LogP contribution in [0, 0.1) is 41.6 Å². The number of aliphatic carboxylic acids is 2. The second kappa shape index (κ2) is 54.8. The van der Waals surface area contributed by atoms with Gasteiger partial charge in [-0.25, -0.2) is 13.2 Å². The minimum absolute atomic E-state index is 0.0519. The Bertz CT molecular complexity index is 5400. The van der Waals surface area contributed by atoms with Crippen LogP contribution in [0.15, 0.2) is 128 Å². The molecule has 0 radical (unpaired) electrons. The zero-order valence-electron chi connectivity index (χ0n) is 79.2. The van der Waals surface area contributed by atoms with Crippen LogP contribution in [0.2, 0.25) is 0 Å². The third kappa shape index (κ3) is 33.8. The summed E-state index contributed by atoms with van der Waals surface area (Å²) < 4.78 is 45.3. The number of hydrogen-bond acceptors (Lipinski definition) is 22. The van der Waals surface area contributed by atoms with Crippen LogP contribution in [-0.2, 0) is 118 Å². The van der Waals surface area contributed by atoms with Crippen molar-refractivity contribution in [2.75, 3.05) is 58.8 Å². The molecule has 14 atom stereocenters. The van der Waals surface area contributed by atoms with Crippen molar-refractivity contribution in [2.45, 2.75) is 216 Å². The molecule has 0 spiro atoms. The van der Waals surface area contributed by atoms with Crippen molar-refractivity contribution in [1.29, 1.82) is 0 Å². The highest BCUT2D eigenvalue weighted by Gasteiger charge is 2.47. The fraction of sp³-hybridized carbons (Fsp3) is 0.464. The van der Waals surface area contributed by atoms with Crippen LogP contribution in [0.25, 0.3) is 10.9 Å². The molecule has 2 heterocycles. The van der Waals surface area contributed by atoms with E-state index >= 15 is 37.5 Å². The summed E-state index contributed by atoms with van der Waals surface area (Å²) in [5, 5.41) is 64.3. The highest BCUT2D eigenvalue weighted by molar-refractivity contribution is 8.00. The Balaban J connectivity index is 1.17. The number of aliphatic hydroxyl groups is 1. The molecule has 0 bridgehead atoms. The van der Waals surface area contributed by atoms with Gasteiger partial charge in [-0.3, -0.25) is 81.5 Å². The number of nitrogens with zero attached hydrogens (tertiary/aromatic N) is 5. The molecule has 1 aromatic heterocycles. The lowest BCUT2D eigenvalue weighted by atomic mass is 9.99. The predicted octanol–water partition coefficient (Wildman–Crippen LogP) is 1.09. The van der Waals surface area contributed by atoms with Crippen molar-refractivity contribution in [2.24, 2.45) is 23.3 Å². The number of β-amino-alcohol motifs (C(OH)–C–C–N with tert-alkyl or cyclic N) is 1. The van der Waals surface area contributed by atoms with Crippen LogP contribution in [0.5, 0.6) is 5.75 Å². The SMILES string of the molecule is C#CC[C@H](NC(=O)CNC(=O)[C@H](CSCC(=O)N[C@@H](Cc1cc(F)c(F)c(F)c1)C(=O)N(C)[C@@H](Cc1ccccc1)C(=O)N(C)[C@@H](CCCC)C(=O)N1C[C@H](O)C[C@@H]1C(=O)N[C@@H](CC(=O)O)C(=O)N[C@H](C(=O)N(C)[C@H](C=O)Cc1ccccc1)C(C)C)NC(=O)[C@H](CC(C)C)NC(=O)[C@H](Cc1ccc(O)cc1)NC(=O)[C@H](Cc1c[nH]c2ccccc12)NC(=O)CN(CCC)C(=O)[C@@H](N)CC(=O)O)C(N)=O. The van der Waals surface area contributed by atoms with Gasteiger partial charge in [0.2, 0.25) is 88.6 Å². The molecule has 1 saturated heterocycles. The fourth-order valence-electron chi connectivity index (χ4n) is 15.8. The van der Waals surface area contributed by atoms with Gasteiger partial charge in [-0.15, -0.1) is 24.1 Å². The Morgan fingerprint density at radius 2 is 1.14 bits per heavy atom. The molecule has 7 rings (SSSR count). The van der Waals surface area contributed by atoms with E-state index in [0.29, 0.717) is 70.6 Å². The molecule has 39 nitrogen and oxygen atoms in total. The van der Waals surface area contributed by atoms with E-state index in [-0.39, 0.29) is 63.7 Å². The number of thioether (sulfide) groups is 1. The molecule has 5 aromatic carbocycles. The van der Waals surface area contributed by atoms with Crippen molar-refractivity contribution in [3.63, 3.8) is 0 Å². The largest absolute Gasteiger partial charge is 0.508 e. The van der Waals surface area contributed by atoms with Crippen molar-refractivity contribution in [1.82, 2.24) is 77.3 Å². The molecule has 1 aliphatic heterocycles. The zero-order chi connectivity index (χ0) is 103. The minimum atomic E-state index is -1.96. The van der Waals surface area contributed by atoms with Gasteiger partial charge in [0.15, 0.2) is 17.5 Å². The average Bonchev–Trinajstić information content (AvgIpc) is 1.63. The van der Waals surface area contributed by atoms with E-state index in [0.717, 1.165) is 37.1 Å². The Morgan fingerprint density at radius 3 is 1.72 bits per heavy atom. The van der Waals surface area contributed by atoms with E-state index < -0.39 is 277 Å². The van der Waals surface area contributed by atoms with E-state index in [4.69, 9.17) is 17.9 Å². The maximum absolute atomic E-state index is 15.7. The Morgan fingerprint density at radius 1 is 0.586 bits per heavy atom. The van der Waals surface area contributed by atoms with Crippen molar-refractivity contribution in [3.05, 3.63) is 173 Å². The molecule has 6 aromatic rings. The molecule has 15 amide bonds. The lowest BCUT2D eigenvalue weighted by Crippen LogP contribution is -2.61. The molecule has 43 heteroatoms. The van der Waals surface area contributed by atoms with Crippen LogP contribution in [0.1, 0.15) is 127 Å². The Hall–Kier alpha value is -14.3. The number of H-pyrrole nitrogens is 1. The second-order valence-electron chi connectivity index (χ2n) is 35.1. The maximum Gasteiger partial charge on any atom is 0.305 e. The van der Waals surface area contributed by atoms with Gasteiger partial charge >= 0.3 is 11.9 Å². The number of primary amides is 1. The Labute approximate surface area is 811 Å². The molecule has 18 N–H and O–H groups in total. The number of benzene rings is 5. The number of carboxylic acids is 2. The van der Waals surface area contributed by atoms with Crippen LogP contribution in [-0.4, -0.2) is 300 Å². The number of aromatic nitrogens is 1. The average molecular weight is 1970 g/mol. The van der Waals surface area contributed by atoms with Gasteiger partial charge in [-0.1, -0.05) is 145 Å². The van der Waals surface area contributed by atoms with Crippen LogP contribution < -0.4 is 59.3 Å². The van der Waals surface area contributed by atoms with Crippen molar-refractivity contribution in [3.8, 4) is 18.1 Å². The molecular weight excluding hydrogens is 1840 g/mol. The van der Waals surface area contributed by atoms with Gasteiger partial charge in [0.25, 0.3) is 0 Å². The number of amides is 15. The number of fused-ring (bicyclic) bond motifs is 1. The summed E-state index contributed by atoms with van der Waals surface area (Å²) in [6, 6.07) is 9.56. The summed E-state index contributed by atoms with van der Waals surface area (Å²) in [5.74, 6) is -24.0. The number of likely N-dealkylation sites (N-methyl/N-ethyl adjacent to an activating group) is 3. The van der Waals surface area contributed by atoms with E-state index in [1.54, 1.807) is 133 Å². The van der Waals surface area contributed by atoms with Gasteiger partial charge in [0.1, 0.15) is 78.5 Å². The quantitative estimate of drug-likeness (QED) is 0.0144. The monoisotopic (exact) mass is 1970 g/mol. The number of aldehydes is 1. The molecule has 0 aliphatic carbocycles. The first-order valence-electron chi connectivity index (χ1n) is 45.6. The van der Waals surface area contributed by atoms with E-state index in [1.807, 2.05) is 0 Å². The lowest BCUT2D eigenvalue weighted by Gasteiger charge is -2.38. The number of aromatic amines is 1. The number of likely N-dealkylation sites (tertiary alicyclic amines) is 1. The predicted molar refractivity (Wildman–Crippen MR) is 508 cm³/mol. The summed E-state index contributed by atoms with van der Waals surface area (Å²) in [7, 11) is 3.72. The number of aliphatic hydroxyl groups excluding tert-OH is 1. The number of nitrogens with one attached hydrogen (secondary N) is 10.